The van der Waals surface area contributed by atoms with E-state index in [1.54, 1.807) is 6.20 Å². The molecule has 0 radical (unpaired) electrons. The lowest BCUT2D eigenvalue weighted by molar-refractivity contribution is 0.0958. The molecule has 3 aromatic heterocycles. The number of aliphatic hydroxyl groups excluding tert-OH is 1. The van der Waals surface area contributed by atoms with Crippen LogP contribution < -0.4 is 10.6 Å². The van der Waals surface area contributed by atoms with Crippen molar-refractivity contribution in [2.75, 3.05) is 7.05 Å². The summed E-state index contributed by atoms with van der Waals surface area (Å²) in [5.41, 5.74) is 0.935. The smallest absolute Gasteiger partial charge is 0.273 e. The van der Waals surface area contributed by atoms with Crippen LogP contribution in [0, 0.1) is 0 Å². The minimum Gasteiger partial charge on any atom is -0.372 e. The Balaban J connectivity index is 1.44. The maximum absolute atomic E-state index is 14.2. The van der Waals surface area contributed by atoms with Crippen molar-refractivity contribution in [3.8, 4) is 0 Å². The monoisotopic (exact) mass is 420 g/mol. The summed E-state index contributed by atoms with van der Waals surface area (Å²) in [6.07, 6.45) is 1.51. The molecule has 2 unspecified atom stereocenters. The number of halogens is 1. The number of hydrogen-bond acceptors (Lipinski definition) is 9. The van der Waals surface area contributed by atoms with E-state index in [-0.39, 0.29) is 24.6 Å². The second-order valence-corrected chi connectivity index (χ2v) is 7.27. The highest BCUT2D eigenvalue weighted by molar-refractivity contribution is 7.11. The van der Waals surface area contributed by atoms with Crippen LogP contribution in [0.1, 0.15) is 38.8 Å². The molecule has 0 aromatic carbocycles. The number of carbonyl (C=O) groups excluding carboxylic acids is 1. The summed E-state index contributed by atoms with van der Waals surface area (Å²) in [6, 6.07) is 5.53. The van der Waals surface area contributed by atoms with E-state index in [0.29, 0.717) is 23.0 Å². The third kappa shape index (κ3) is 6.07. The number of aliphatic hydroxyl groups is 1. The molecule has 10 nitrogen and oxygen atoms in total. The fraction of sp³-hybridized carbons (Fsp3) is 0.412. The zero-order valence-corrected chi connectivity index (χ0v) is 16.5. The lowest BCUT2D eigenvalue weighted by Gasteiger charge is -2.08. The molecule has 0 saturated carbocycles. The zero-order valence-electron chi connectivity index (χ0n) is 15.7. The Labute approximate surface area is 170 Å². The van der Waals surface area contributed by atoms with E-state index < -0.39 is 12.4 Å². The number of nitrogens with zero attached hydrogens (tertiary/aromatic N) is 6. The Morgan fingerprint density at radius 1 is 1.34 bits per heavy atom. The first-order chi connectivity index (χ1) is 14.0. The van der Waals surface area contributed by atoms with E-state index >= 15 is 0 Å². The molecule has 0 fully saturated rings. The molecule has 2 atom stereocenters. The number of aromatic nitrogens is 6. The molecule has 29 heavy (non-hydrogen) atoms. The maximum atomic E-state index is 14.2. The van der Waals surface area contributed by atoms with Crippen LogP contribution in [0.3, 0.4) is 0 Å². The largest absolute Gasteiger partial charge is 0.372 e. The quantitative estimate of drug-likeness (QED) is 0.407. The normalized spacial score (nSPS) is 13.2. The minimum absolute atomic E-state index is 0.0100. The molecule has 0 aliphatic heterocycles. The van der Waals surface area contributed by atoms with Gasteiger partial charge in [0.1, 0.15) is 11.2 Å². The van der Waals surface area contributed by atoms with Gasteiger partial charge in [-0.15, -0.1) is 15.3 Å². The molecule has 1 amide bonds. The van der Waals surface area contributed by atoms with Crippen molar-refractivity contribution >= 4 is 17.2 Å². The van der Waals surface area contributed by atoms with Gasteiger partial charge in [-0.1, -0.05) is 22.6 Å². The lowest BCUT2D eigenvalue weighted by Crippen LogP contribution is -2.20. The highest BCUT2D eigenvalue weighted by atomic mass is 32.1. The Bertz CT molecular complexity index is 919. The fourth-order valence-corrected chi connectivity index (χ4v) is 3.28. The predicted molar refractivity (Wildman–Crippen MR) is 103 cm³/mol. The van der Waals surface area contributed by atoms with Crippen molar-refractivity contribution in [2.24, 2.45) is 0 Å². The van der Waals surface area contributed by atoms with Gasteiger partial charge in [0.05, 0.1) is 18.4 Å². The van der Waals surface area contributed by atoms with Gasteiger partial charge in [0.25, 0.3) is 5.91 Å². The van der Waals surface area contributed by atoms with Gasteiger partial charge in [-0.25, -0.2) is 9.07 Å². The topological polar surface area (TPSA) is 131 Å². The summed E-state index contributed by atoms with van der Waals surface area (Å²) in [5.74, 6) is -0.372. The maximum Gasteiger partial charge on any atom is 0.273 e. The molecule has 3 rings (SSSR count). The van der Waals surface area contributed by atoms with Gasteiger partial charge in [-0.2, -0.15) is 0 Å². The molecule has 0 aliphatic rings. The zero-order chi connectivity index (χ0) is 20.6. The van der Waals surface area contributed by atoms with Crippen molar-refractivity contribution in [3.05, 3.63) is 52.0 Å². The minimum atomic E-state index is -1.19. The highest BCUT2D eigenvalue weighted by Crippen LogP contribution is 2.19. The van der Waals surface area contributed by atoms with E-state index in [0.717, 1.165) is 5.69 Å². The molecular weight excluding hydrogens is 399 g/mol. The second kappa shape index (κ2) is 10.1. The number of rotatable bonds is 10. The number of amides is 1. The van der Waals surface area contributed by atoms with Gasteiger partial charge in [-0.05, 0) is 18.6 Å². The van der Waals surface area contributed by atoms with Crippen molar-refractivity contribution in [1.82, 2.24) is 40.8 Å². The molecule has 0 aliphatic carbocycles. The second-order valence-electron chi connectivity index (χ2n) is 6.18. The molecular formula is C17H21FN8O2S. The first kappa shape index (κ1) is 20.9. The molecule has 12 heteroatoms. The molecule has 154 valence electrons. The summed E-state index contributed by atoms with van der Waals surface area (Å²) in [4.78, 5) is 15.6. The first-order valence-corrected chi connectivity index (χ1v) is 9.76. The van der Waals surface area contributed by atoms with Crippen LogP contribution in [-0.4, -0.2) is 54.4 Å². The number of pyridine rings is 1. The van der Waals surface area contributed by atoms with E-state index in [1.807, 2.05) is 18.2 Å². The van der Waals surface area contributed by atoms with Crippen LogP contribution >= 0.6 is 11.3 Å². The number of aryl methyl sites for hydroxylation is 1. The standard InChI is InChI=1S/C17H21FN8O2S/c1-19-15(27)13-10-26(25-22-13)9-11(18)5-6-14-23-24-17(29-14)16(28)21-8-12-4-2-3-7-20-12/h2-4,7,10-11,16,21,28H,5-6,8-9H2,1H3,(H,19,27). The third-order valence-corrected chi connectivity index (χ3v) is 5.01. The SMILES string of the molecule is CNC(=O)c1cn(CC(F)CCc2nnc(C(O)NCc3ccccn3)s2)nn1. The van der Waals surface area contributed by atoms with Gasteiger partial charge < -0.3 is 10.4 Å². The summed E-state index contributed by atoms with van der Waals surface area (Å²) >= 11 is 1.23. The van der Waals surface area contributed by atoms with Crippen molar-refractivity contribution in [1.29, 1.82) is 0 Å². The van der Waals surface area contributed by atoms with Crippen LogP contribution in [0.4, 0.5) is 4.39 Å². The lowest BCUT2D eigenvalue weighted by atomic mass is 10.2. The number of hydrogen-bond donors (Lipinski definition) is 3. The summed E-state index contributed by atoms with van der Waals surface area (Å²) < 4.78 is 15.5. The van der Waals surface area contributed by atoms with Crippen LogP contribution in [0.15, 0.2) is 30.6 Å². The van der Waals surface area contributed by atoms with Crippen molar-refractivity contribution in [2.45, 2.75) is 38.3 Å². The molecule has 0 saturated heterocycles. The highest BCUT2D eigenvalue weighted by Gasteiger charge is 2.16. The van der Waals surface area contributed by atoms with Crippen LogP contribution in [0.5, 0.6) is 0 Å². The average Bonchev–Trinajstić information content (AvgIpc) is 3.40. The molecule has 0 bridgehead atoms. The number of carbonyl (C=O) groups is 1. The van der Waals surface area contributed by atoms with Crippen molar-refractivity contribution in [3.63, 3.8) is 0 Å². The number of nitrogens with one attached hydrogen (secondary N) is 2. The Morgan fingerprint density at radius 3 is 2.97 bits per heavy atom. The first-order valence-electron chi connectivity index (χ1n) is 8.95. The Hall–Kier alpha value is -2.83. The van der Waals surface area contributed by atoms with Gasteiger partial charge in [0, 0.05) is 26.2 Å². The average molecular weight is 420 g/mol. The van der Waals surface area contributed by atoms with Crippen molar-refractivity contribution < 1.29 is 14.3 Å². The summed E-state index contributed by atoms with van der Waals surface area (Å²) in [5, 5.41) is 32.0. The fourth-order valence-electron chi connectivity index (χ4n) is 2.46. The van der Waals surface area contributed by atoms with E-state index in [4.69, 9.17) is 0 Å². The third-order valence-electron chi connectivity index (χ3n) is 3.97. The van der Waals surface area contributed by atoms with E-state index in [1.165, 1.54) is 29.3 Å². The Kier molecular flexibility index (Phi) is 7.27. The van der Waals surface area contributed by atoms with Crippen LogP contribution in [0.2, 0.25) is 0 Å². The van der Waals surface area contributed by atoms with E-state index in [2.05, 4.69) is 36.1 Å². The number of alkyl halides is 1. The van der Waals surface area contributed by atoms with Gasteiger partial charge in [-0.3, -0.25) is 15.1 Å². The summed E-state index contributed by atoms with van der Waals surface area (Å²) in [7, 11) is 1.49. The van der Waals surface area contributed by atoms with Gasteiger partial charge in [0.15, 0.2) is 16.9 Å². The summed E-state index contributed by atoms with van der Waals surface area (Å²) in [6.45, 7) is 0.378. The molecule has 3 aromatic rings. The molecule has 3 N–H and O–H groups in total. The predicted octanol–water partition coefficient (Wildman–Crippen LogP) is 0.636. The van der Waals surface area contributed by atoms with Gasteiger partial charge >= 0.3 is 0 Å². The van der Waals surface area contributed by atoms with Crippen LogP contribution in [-0.2, 0) is 19.5 Å². The van der Waals surface area contributed by atoms with E-state index in [9.17, 15) is 14.3 Å². The molecule has 0 spiro atoms. The van der Waals surface area contributed by atoms with Crippen LogP contribution in [0.25, 0.3) is 0 Å². The Morgan fingerprint density at radius 2 is 2.21 bits per heavy atom. The van der Waals surface area contributed by atoms with Gasteiger partial charge in [0.2, 0.25) is 0 Å². The molecule has 3 heterocycles.